The summed E-state index contributed by atoms with van der Waals surface area (Å²) in [6.07, 6.45) is 4.06. The number of carbonyl (C=O) groups is 1. The number of aliphatic hydroxyl groups is 1. The third kappa shape index (κ3) is 5.87. The summed E-state index contributed by atoms with van der Waals surface area (Å²) in [4.78, 5) is 15.2. The molecule has 1 aromatic heterocycles. The average Bonchev–Trinajstić information content (AvgIpc) is 2.88. The third-order valence-electron chi connectivity index (χ3n) is 5.97. The molecular formula is C31H27FIrNO2-. The molecule has 5 aromatic rings. The number of pyridine rings is 1. The molecule has 5 rings (SSSR count). The number of hydrogen-bond acceptors (Lipinski definition) is 3. The average molecular weight is 657 g/mol. The first kappa shape index (κ1) is 27.2. The summed E-state index contributed by atoms with van der Waals surface area (Å²) in [5.41, 5.74) is 3.05. The van der Waals surface area contributed by atoms with Crippen molar-refractivity contribution in [1.29, 1.82) is 0 Å². The molecule has 36 heavy (non-hydrogen) atoms. The van der Waals surface area contributed by atoms with Gasteiger partial charge in [0.25, 0.3) is 0 Å². The molecule has 0 saturated carbocycles. The summed E-state index contributed by atoms with van der Waals surface area (Å²) in [6, 6.07) is 24.8. The van der Waals surface area contributed by atoms with Crippen LogP contribution in [0.25, 0.3) is 43.6 Å². The summed E-state index contributed by atoms with van der Waals surface area (Å²) in [5.74, 6) is -0.0494. The number of aliphatic hydroxyl groups excluding tert-OH is 1. The van der Waals surface area contributed by atoms with Crippen LogP contribution < -0.4 is 0 Å². The van der Waals surface area contributed by atoms with E-state index in [-0.39, 0.29) is 37.5 Å². The van der Waals surface area contributed by atoms with E-state index in [4.69, 9.17) is 5.11 Å². The first-order valence-corrected chi connectivity index (χ1v) is 11.7. The van der Waals surface area contributed by atoms with Gasteiger partial charge >= 0.3 is 0 Å². The largest absolute Gasteiger partial charge is 0.512 e. The van der Waals surface area contributed by atoms with Gasteiger partial charge in [-0.2, -0.15) is 0 Å². The Balaban J connectivity index is 0.000000313. The van der Waals surface area contributed by atoms with Gasteiger partial charge in [-0.1, -0.05) is 67.3 Å². The van der Waals surface area contributed by atoms with E-state index >= 15 is 0 Å². The molecule has 5 heteroatoms. The summed E-state index contributed by atoms with van der Waals surface area (Å²) in [5, 5.41) is 14.7. The van der Waals surface area contributed by atoms with Crippen LogP contribution in [0.4, 0.5) is 4.39 Å². The molecule has 0 unspecified atom stereocenters. The first-order chi connectivity index (χ1) is 16.9. The molecule has 1 radical (unpaired) electrons. The monoisotopic (exact) mass is 657 g/mol. The molecule has 0 amide bonds. The van der Waals surface area contributed by atoms with Gasteiger partial charge in [0.05, 0.1) is 5.76 Å². The minimum atomic E-state index is -0.199. The maximum atomic E-state index is 14.1. The van der Waals surface area contributed by atoms with Crippen molar-refractivity contribution in [3.05, 3.63) is 102 Å². The first-order valence-electron chi connectivity index (χ1n) is 11.7. The Morgan fingerprint density at radius 1 is 0.944 bits per heavy atom. The summed E-state index contributed by atoms with van der Waals surface area (Å²) in [7, 11) is 0. The quantitative estimate of drug-likeness (QED) is 0.0917. The van der Waals surface area contributed by atoms with Crippen molar-refractivity contribution in [2.45, 2.75) is 33.6 Å². The van der Waals surface area contributed by atoms with Crippen LogP contribution in [0.1, 0.15) is 32.3 Å². The number of aromatic nitrogens is 1. The second kappa shape index (κ2) is 12.0. The molecule has 0 saturated heterocycles. The van der Waals surface area contributed by atoms with Crippen molar-refractivity contribution in [1.82, 2.24) is 4.98 Å². The number of ketones is 1. The zero-order valence-corrected chi connectivity index (χ0v) is 22.8. The van der Waals surface area contributed by atoms with Crippen LogP contribution in [0.3, 0.4) is 0 Å². The van der Waals surface area contributed by atoms with Crippen molar-refractivity contribution in [3.8, 4) is 11.3 Å². The van der Waals surface area contributed by atoms with Crippen molar-refractivity contribution >= 4 is 38.1 Å². The van der Waals surface area contributed by atoms with E-state index in [0.29, 0.717) is 18.2 Å². The smallest absolute Gasteiger partial charge is 0.158 e. The molecular weight excluding hydrogens is 630 g/mol. The molecule has 0 aliphatic carbocycles. The Bertz CT molecular complexity index is 1580. The number of carbonyl (C=O) groups excluding carboxylic acids is 1. The molecule has 3 nitrogen and oxygen atoms in total. The molecule has 0 aliphatic rings. The molecule has 0 atom stereocenters. The van der Waals surface area contributed by atoms with Gasteiger partial charge in [0.15, 0.2) is 5.78 Å². The topological polar surface area (TPSA) is 50.2 Å². The zero-order chi connectivity index (χ0) is 24.9. The standard InChI is InChI=1S/C24H15FN.C7H12O2.Ir/c1-15-5-6-17-14-18(8-7-16(17)13-15)24-22-10-9-21-19(3-2-4-23(21)25)20(22)11-12-26-24;1-3-6(8)5-7(9)4-2;/h2-7,9-14H,1H3;5,8H,3-4H2,1-2H3;/q-1;;/b;6-5-;. The molecule has 1 N–H and O–H groups in total. The van der Waals surface area contributed by atoms with Crippen molar-refractivity contribution < 1.29 is 34.4 Å². The Morgan fingerprint density at radius 2 is 1.69 bits per heavy atom. The van der Waals surface area contributed by atoms with Gasteiger partial charge in [-0.05, 0) is 40.9 Å². The van der Waals surface area contributed by atoms with Crippen LogP contribution in [0.15, 0.2) is 84.8 Å². The Morgan fingerprint density at radius 3 is 2.44 bits per heavy atom. The van der Waals surface area contributed by atoms with Gasteiger partial charge in [-0.25, -0.2) is 4.39 Å². The van der Waals surface area contributed by atoms with E-state index in [1.807, 2.05) is 30.3 Å². The Hall–Kier alpha value is -3.40. The fourth-order valence-corrected chi connectivity index (χ4v) is 4.03. The second-order valence-corrected chi connectivity index (χ2v) is 8.44. The van der Waals surface area contributed by atoms with Gasteiger partial charge < -0.3 is 10.1 Å². The molecule has 1 heterocycles. The maximum absolute atomic E-state index is 14.1. The van der Waals surface area contributed by atoms with Gasteiger partial charge in [-0.3, -0.25) is 4.79 Å². The van der Waals surface area contributed by atoms with Crippen LogP contribution in [0.2, 0.25) is 0 Å². The number of halogens is 1. The summed E-state index contributed by atoms with van der Waals surface area (Å²) in [6.45, 7) is 5.65. The van der Waals surface area contributed by atoms with Crippen LogP contribution >= 0.6 is 0 Å². The van der Waals surface area contributed by atoms with E-state index < -0.39 is 0 Å². The number of nitrogens with zero attached hydrogens (tertiary/aromatic N) is 1. The van der Waals surface area contributed by atoms with Gasteiger partial charge in [0, 0.05) is 50.6 Å². The number of fused-ring (bicyclic) bond motifs is 4. The number of benzene rings is 4. The predicted molar refractivity (Wildman–Crippen MR) is 142 cm³/mol. The van der Waals surface area contributed by atoms with E-state index in [1.54, 1.807) is 26.1 Å². The third-order valence-corrected chi connectivity index (χ3v) is 5.97. The van der Waals surface area contributed by atoms with Gasteiger partial charge in [-0.15, -0.1) is 29.1 Å². The minimum absolute atomic E-state index is 0. The zero-order valence-electron chi connectivity index (χ0n) is 20.4. The van der Waals surface area contributed by atoms with Gasteiger partial charge in [0.1, 0.15) is 5.82 Å². The minimum Gasteiger partial charge on any atom is -0.512 e. The van der Waals surface area contributed by atoms with E-state index in [2.05, 4.69) is 42.2 Å². The molecule has 0 aliphatic heterocycles. The predicted octanol–water partition coefficient (Wildman–Crippen LogP) is 8.27. The molecule has 0 fully saturated rings. The summed E-state index contributed by atoms with van der Waals surface area (Å²) >= 11 is 0. The number of allylic oxidation sites excluding steroid dienone is 2. The fraction of sp³-hybridized carbons (Fsp3) is 0.161. The van der Waals surface area contributed by atoms with Crippen LogP contribution in [-0.4, -0.2) is 15.9 Å². The maximum Gasteiger partial charge on any atom is 0.158 e. The number of hydrogen-bond donors (Lipinski definition) is 1. The van der Waals surface area contributed by atoms with Gasteiger partial charge in [0.2, 0.25) is 0 Å². The Kier molecular flexibility index (Phi) is 9.08. The molecule has 185 valence electrons. The van der Waals surface area contributed by atoms with Crippen molar-refractivity contribution in [3.63, 3.8) is 0 Å². The SMILES string of the molecule is CCC(=O)/C=C(\O)CC.Cc1ccc2cc(-c3nccc4c3ccc3c(F)cccc34)[c-]cc2c1.[Ir]. The van der Waals surface area contributed by atoms with Crippen LogP contribution in [0, 0.1) is 18.8 Å². The van der Waals surface area contributed by atoms with E-state index in [9.17, 15) is 9.18 Å². The van der Waals surface area contributed by atoms with Crippen LogP contribution in [0.5, 0.6) is 0 Å². The van der Waals surface area contributed by atoms with Crippen molar-refractivity contribution in [2.75, 3.05) is 0 Å². The van der Waals surface area contributed by atoms with E-state index in [1.165, 1.54) is 23.1 Å². The Labute approximate surface area is 224 Å². The summed E-state index contributed by atoms with van der Waals surface area (Å²) < 4.78 is 14.1. The molecule has 0 bridgehead atoms. The van der Waals surface area contributed by atoms with Crippen LogP contribution in [-0.2, 0) is 24.9 Å². The van der Waals surface area contributed by atoms with E-state index in [0.717, 1.165) is 32.8 Å². The normalized spacial score (nSPS) is 11.2. The number of rotatable bonds is 4. The second-order valence-electron chi connectivity index (χ2n) is 8.44. The molecule has 4 aromatic carbocycles. The fourth-order valence-electron chi connectivity index (χ4n) is 4.03. The van der Waals surface area contributed by atoms with Crippen molar-refractivity contribution in [2.24, 2.45) is 0 Å². The molecule has 0 spiro atoms. The number of aryl methyl sites for hydroxylation is 1.